The van der Waals surface area contributed by atoms with Crippen LogP contribution in [0.2, 0.25) is 0 Å². The maximum Gasteiger partial charge on any atom is 0.316 e. The number of hydrogen-bond donors (Lipinski definition) is 1. The number of allylic oxidation sites excluding steroid dienone is 1. The van der Waals surface area contributed by atoms with Crippen molar-refractivity contribution in [2.24, 2.45) is 11.8 Å². The number of esters is 1. The minimum absolute atomic E-state index is 0.141. The standard InChI is InChI=1S/C19H32O6/c1-4-24-14(2)25-17-13-16(21)18(19(22)23-3)15(17)11-9-7-5-6-8-10-12-20/h9,11,14-15,17-18,20H,4-8,10,12-13H2,1-3H3/t14?,15-,17+,18-/m0/s1. The molecule has 0 bridgehead atoms. The first-order chi connectivity index (χ1) is 12.0. The number of Topliss-reactive ketones (excluding diaryl/α,β-unsaturated/α-hetero) is 1. The maximum atomic E-state index is 12.3. The van der Waals surface area contributed by atoms with Crippen molar-refractivity contribution in [3.05, 3.63) is 12.2 Å². The summed E-state index contributed by atoms with van der Waals surface area (Å²) in [7, 11) is 1.30. The molecule has 0 radical (unpaired) electrons. The monoisotopic (exact) mass is 356 g/mol. The van der Waals surface area contributed by atoms with Gasteiger partial charge in [0.2, 0.25) is 0 Å². The molecule has 1 fully saturated rings. The van der Waals surface area contributed by atoms with E-state index >= 15 is 0 Å². The van der Waals surface area contributed by atoms with Crippen molar-refractivity contribution in [3.8, 4) is 0 Å². The third kappa shape index (κ3) is 7.26. The maximum absolute atomic E-state index is 12.3. The Hall–Kier alpha value is -1.24. The SMILES string of the molecule is CCOC(C)O[C@@H]1CC(=O)[C@@H](C(=O)OC)[C@H]1C=CCCCCCCO. The van der Waals surface area contributed by atoms with Crippen LogP contribution in [0.5, 0.6) is 0 Å². The highest BCUT2D eigenvalue weighted by atomic mass is 16.7. The first kappa shape index (κ1) is 21.8. The molecule has 0 aromatic carbocycles. The molecule has 1 saturated carbocycles. The van der Waals surface area contributed by atoms with Gasteiger partial charge in [-0.1, -0.05) is 25.0 Å². The van der Waals surface area contributed by atoms with Crippen LogP contribution in [0.15, 0.2) is 12.2 Å². The van der Waals surface area contributed by atoms with Gasteiger partial charge in [-0.05, 0) is 33.1 Å². The van der Waals surface area contributed by atoms with Crippen LogP contribution in [-0.4, -0.2) is 49.6 Å². The molecule has 25 heavy (non-hydrogen) atoms. The fourth-order valence-corrected chi connectivity index (χ4v) is 3.18. The van der Waals surface area contributed by atoms with Gasteiger partial charge < -0.3 is 19.3 Å². The summed E-state index contributed by atoms with van der Waals surface area (Å²) in [5.74, 6) is -1.76. The summed E-state index contributed by atoms with van der Waals surface area (Å²) < 4.78 is 16.0. The van der Waals surface area contributed by atoms with Gasteiger partial charge in [0.05, 0.1) is 13.2 Å². The van der Waals surface area contributed by atoms with Crippen LogP contribution >= 0.6 is 0 Å². The summed E-state index contributed by atoms with van der Waals surface area (Å²) in [5.41, 5.74) is 0. The highest BCUT2D eigenvalue weighted by molar-refractivity contribution is 6.01. The van der Waals surface area contributed by atoms with Crippen LogP contribution in [0.25, 0.3) is 0 Å². The molecule has 1 aliphatic rings. The quantitative estimate of drug-likeness (QED) is 0.190. The molecule has 0 aromatic rings. The van der Waals surface area contributed by atoms with Gasteiger partial charge in [0.15, 0.2) is 6.29 Å². The summed E-state index contributed by atoms with van der Waals surface area (Å²) in [5, 5.41) is 8.77. The molecule has 1 aliphatic carbocycles. The van der Waals surface area contributed by atoms with Gasteiger partial charge in [-0.15, -0.1) is 0 Å². The molecule has 0 aliphatic heterocycles. The molecular formula is C19H32O6. The Labute approximate surface area is 150 Å². The van der Waals surface area contributed by atoms with Gasteiger partial charge in [0.25, 0.3) is 0 Å². The van der Waals surface area contributed by atoms with Gasteiger partial charge in [-0.2, -0.15) is 0 Å². The smallest absolute Gasteiger partial charge is 0.316 e. The lowest BCUT2D eigenvalue weighted by atomic mass is 9.93. The molecule has 0 aromatic heterocycles. The molecule has 0 spiro atoms. The minimum Gasteiger partial charge on any atom is -0.468 e. The summed E-state index contributed by atoms with van der Waals surface area (Å²) >= 11 is 0. The summed E-state index contributed by atoms with van der Waals surface area (Å²) in [6.07, 6.45) is 8.11. The molecular weight excluding hydrogens is 324 g/mol. The third-order valence-corrected chi connectivity index (χ3v) is 4.42. The van der Waals surface area contributed by atoms with Crippen LogP contribution in [0.1, 0.15) is 52.4 Å². The Morgan fingerprint density at radius 1 is 1.32 bits per heavy atom. The van der Waals surface area contributed by atoms with E-state index in [4.69, 9.17) is 19.3 Å². The Morgan fingerprint density at radius 2 is 2.04 bits per heavy atom. The molecule has 0 amide bonds. The molecule has 6 heteroatoms. The average Bonchev–Trinajstić information content (AvgIpc) is 2.88. The van der Waals surface area contributed by atoms with Crippen LogP contribution < -0.4 is 0 Å². The summed E-state index contributed by atoms with van der Waals surface area (Å²) in [6.45, 7) is 4.43. The van der Waals surface area contributed by atoms with E-state index in [1.54, 1.807) is 6.92 Å². The highest BCUT2D eigenvalue weighted by Gasteiger charge is 2.47. The normalized spacial score (nSPS) is 24.8. The van der Waals surface area contributed by atoms with E-state index in [2.05, 4.69) is 0 Å². The van der Waals surface area contributed by atoms with E-state index < -0.39 is 18.2 Å². The van der Waals surface area contributed by atoms with Crippen LogP contribution in [0, 0.1) is 11.8 Å². The molecule has 6 nitrogen and oxygen atoms in total. The number of methoxy groups -OCH3 is 1. The fourth-order valence-electron chi connectivity index (χ4n) is 3.18. The lowest BCUT2D eigenvalue weighted by molar-refractivity contribution is -0.166. The van der Waals surface area contributed by atoms with Crippen molar-refractivity contribution < 1.29 is 28.9 Å². The highest BCUT2D eigenvalue weighted by Crippen LogP contribution is 2.34. The number of ketones is 1. The van der Waals surface area contributed by atoms with Gasteiger partial charge in [-0.3, -0.25) is 9.59 Å². The zero-order valence-electron chi connectivity index (χ0n) is 15.6. The predicted octanol–water partition coefficient (Wildman–Crippen LogP) is 2.63. The van der Waals surface area contributed by atoms with E-state index in [9.17, 15) is 9.59 Å². The second-order valence-electron chi connectivity index (χ2n) is 6.30. The number of unbranched alkanes of at least 4 members (excludes halogenated alkanes) is 4. The second kappa shape index (κ2) is 12.2. The summed E-state index contributed by atoms with van der Waals surface area (Å²) in [6, 6.07) is 0. The Morgan fingerprint density at radius 3 is 2.68 bits per heavy atom. The molecule has 1 unspecified atom stereocenters. The second-order valence-corrected chi connectivity index (χ2v) is 6.30. The number of aliphatic hydroxyl groups is 1. The molecule has 0 saturated heterocycles. The fraction of sp³-hybridized carbons (Fsp3) is 0.789. The van der Waals surface area contributed by atoms with Gasteiger partial charge in [0, 0.05) is 25.6 Å². The van der Waals surface area contributed by atoms with Crippen molar-refractivity contribution in [2.75, 3.05) is 20.3 Å². The summed E-state index contributed by atoms with van der Waals surface area (Å²) in [4.78, 5) is 24.3. The topological polar surface area (TPSA) is 82.1 Å². The first-order valence-corrected chi connectivity index (χ1v) is 9.20. The number of ether oxygens (including phenoxy) is 3. The van der Waals surface area contributed by atoms with E-state index in [0.717, 1.165) is 32.1 Å². The number of rotatable bonds is 12. The van der Waals surface area contributed by atoms with E-state index in [1.807, 2.05) is 19.1 Å². The molecule has 144 valence electrons. The van der Waals surface area contributed by atoms with Gasteiger partial charge >= 0.3 is 5.97 Å². The lowest BCUT2D eigenvalue weighted by Crippen LogP contribution is -2.30. The number of aliphatic hydroxyl groups excluding tert-OH is 1. The first-order valence-electron chi connectivity index (χ1n) is 9.20. The van der Waals surface area contributed by atoms with Crippen molar-refractivity contribution in [3.63, 3.8) is 0 Å². The van der Waals surface area contributed by atoms with E-state index in [0.29, 0.717) is 6.61 Å². The Bertz CT molecular complexity index is 434. The third-order valence-electron chi connectivity index (χ3n) is 4.42. The van der Waals surface area contributed by atoms with Crippen LogP contribution in [-0.2, 0) is 23.8 Å². The van der Waals surface area contributed by atoms with Crippen molar-refractivity contribution >= 4 is 11.8 Å². The van der Waals surface area contributed by atoms with Gasteiger partial charge in [-0.25, -0.2) is 0 Å². The van der Waals surface area contributed by atoms with Crippen molar-refractivity contribution in [1.82, 2.24) is 0 Å². The Kier molecular flexibility index (Phi) is 10.6. The lowest BCUT2D eigenvalue weighted by Gasteiger charge is -2.23. The number of hydrogen-bond acceptors (Lipinski definition) is 6. The van der Waals surface area contributed by atoms with E-state index in [-0.39, 0.29) is 30.8 Å². The molecule has 0 heterocycles. The number of carbonyl (C=O) groups excluding carboxylic acids is 2. The zero-order chi connectivity index (χ0) is 18.7. The van der Waals surface area contributed by atoms with Crippen molar-refractivity contribution in [2.45, 2.75) is 64.8 Å². The van der Waals surface area contributed by atoms with Crippen molar-refractivity contribution in [1.29, 1.82) is 0 Å². The van der Waals surface area contributed by atoms with Crippen LogP contribution in [0.4, 0.5) is 0 Å². The molecule has 1 N–H and O–H groups in total. The Balaban J connectivity index is 2.66. The average molecular weight is 356 g/mol. The zero-order valence-corrected chi connectivity index (χ0v) is 15.6. The largest absolute Gasteiger partial charge is 0.468 e. The predicted molar refractivity (Wildman–Crippen MR) is 93.9 cm³/mol. The van der Waals surface area contributed by atoms with E-state index in [1.165, 1.54) is 7.11 Å². The number of carbonyl (C=O) groups is 2. The minimum atomic E-state index is -0.797. The van der Waals surface area contributed by atoms with Gasteiger partial charge in [0.1, 0.15) is 11.7 Å². The molecule has 4 atom stereocenters. The van der Waals surface area contributed by atoms with Crippen LogP contribution in [0.3, 0.4) is 0 Å². The molecule has 1 rings (SSSR count).